The molecule has 150 valence electrons. The van der Waals surface area contributed by atoms with Crippen LogP contribution in [-0.4, -0.2) is 27.0 Å². The summed E-state index contributed by atoms with van der Waals surface area (Å²) in [5.41, 5.74) is 3.67. The Morgan fingerprint density at radius 3 is 2.67 bits per heavy atom. The van der Waals surface area contributed by atoms with Crippen LogP contribution in [-0.2, 0) is 13.0 Å². The molecule has 4 rings (SSSR count). The van der Waals surface area contributed by atoms with Gasteiger partial charge in [0.15, 0.2) is 5.78 Å². The Hall–Kier alpha value is -3.28. The van der Waals surface area contributed by atoms with Crippen LogP contribution in [0, 0.1) is 0 Å². The molecule has 0 aliphatic rings. The second-order valence-electron chi connectivity index (χ2n) is 6.99. The molecule has 3 aromatic carbocycles. The maximum atomic E-state index is 12.9. The summed E-state index contributed by atoms with van der Waals surface area (Å²) in [7, 11) is 0. The van der Waals surface area contributed by atoms with E-state index in [-0.39, 0.29) is 5.56 Å². The molecule has 4 aromatic rings. The standard InChI is InChI=1S/C24H19ClN2O3/c25-21-7-2-1-6-19(21)17-5-3-4-16(12-17)10-11-27-15-26-22-9-8-18(23(29)14-28)13-20(22)24(27)30/h1-9,12-13,15,28H,10-11,14H2. The smallest absolute Gasteiger partial charge is 0.261 e. The molecule has 0 aliphatic heterocycles. The zero-order valence-electron chi connectivity index (χ0n) is 16.1. The van der Waals surface area contributed by atoms with E-state index < -0.39 is 12.4 Å². The fourth-order valence-corrected chi connectivity index (χ4v) is 3.67. The number of aliphatic hydroxyl groups excluding tert-OH is 1. The number of nitrogens with zero attached hydrogens (tertiary/aromatic N) is 2. The fourth-order valence-electron chi connectivity index (χ4n) is 3.42. The van der Waals surface area contributed by atoms with Crippen LogP contribution in [0.2, 0.25) is 5.02 Å². The molecule has 0 saturated heterocycles. The normalized spacial score (nSPS) is 11.0. The predicted molar refractivity (Wildman–Crippen MR) is 118 cm³/mol. The van der Waals surface area contributed by atoms with E-state index in [1.807, 2.05) is 42.5 Å². The molecule has 0 spiro atoms. The molecule has 1 heterocycles. The van der Waals surface area contributed by atoms with Crippen LogP contribution in [0.5, 0.6) is 0 Å². The largest absolute Gasteiger partial charge is 0.388 e. The Morgan fingerprint density at radius 2 is 1.87 bits per heavy atom. The zero-order chi connectivity index (χ0) is 21.1. The number of hydrogen-bond acceptors (Lipinski definition) is 4. The minimum absolute atomic E-state index is 0.213. The van der Waals surface area contributed by atoms with Gasteiger partial charge in [-0.25, -0.2) is 4.98 Å². The molecule has 0 radical (unpaired) electrons. The molecule has 1 N–H and O–H groups in total. The molecule has 0 unspecified atom stereocenters. The van der Waals surface area contributed by atoms with Crippen molar-refractivity contribution < 1.29 is 9.90 Å². The molecular formula is C24H19ClN2O3. The molecule has 0 aliphatic carbocycles. The van der Waals surface area contributed by atoms with Crippen molar-refractivity contribution in [2.45, 2.75) is 13.0 Å². The maximum Gasteiger partial charge on any atom is 0.261 e. The topological polar surface area (TPSA) is 72.2 Å². The summed E-state index contributed by atoms with van der Waals surface area (Å²) >= 11 is 6.31. The number of hydrogen-bond donors (Lipinski definition) is 1. The van der Waals surface area contributed by atoms with E-state index in [0.29, 0.717) is 34.5 Å². The number of halogens is 1. The molecule has 30 heavy (non-hydrogen) atoms. The summed E-state index contributed by atoms with van der Waals surface area (Å²) in [6.07, 6.45) is 2.16. The third-order valence-electron chi connectivity index (χ3n) is 5.04. The Kier molecular flexibility index (Phi) is 5.74. The van der Waals surface area contributed by atoms with Crippen LogP contribution in [0.1, 0.15) is 15.9 Å². The highest BCUT2D eigenvalue weighted by Crippen LogP contribution is 2.28. The first-order valence-corrected chi connectivity index (χ1v) is 9.92. The molecular weight excluding hydrogens is 400 g/mol. The van der Waals surface area contributed by atoms with E-state index in [9.17, 15) is 9.59 Å². The van der Waals surface area contributed by atoms with Crippen LogP contribution < -0.4 is 5.56 Å². The Balaban J connectivity index is 1.60. The number of aryl methyl sites for hydroxylation is 2. The number of carbonyl (C=O) groups excluding carboxylic acids is 1. The number of rotatable bonds is 6. The van der Waals surface area contributed by atoms with Crippen LogP contribution in [0.3, 0.4) is 0 Å². The number of benzene rings is 3. The van der Waals surface area contributed by atoms with Crippen LogP contribution in [0.25, 0.3) is 22.0 Å². The van der Waals surface area contributed by atoms with Gasteiger partial charge in [-0.1, -0.05) is 54.1 Å². The van der Waals surface area contributed by atoms with E-state index >= 15 is 0 Å². The number of ketones is 1. The Labute approximate surface area is 178 Å². The van der Waals surface area contributed by atoms with Gasteiger partial charge < -0.3 is 5.11 Å². The first kappa shape index (κ1) is 20.0. The molecule has 0 saturated carbocycles. The number of fused-ring (bicyclic) bond motifs is 1. The van der Waals surface area contributed by atoms with Crippen LogP contribution in [0.4, 0.5) is 0 Å². The summed E-state index contributed by atoms with van der Waals surface area (Å²) < 4.78 is 1.54. The van der Waals surface area contributed by atoms with Crippen molar-refractivity contribution in [3.05, 3.63) is 99.6 Å². The minimum Gasteiger partial charge on any atom is -0.388 e. The lowest BCUT2D eigenvalue weighted by Gasteiger charge is -2.09. The highest BCUT2D eigenvalue weighted by Gasteiger charge is 2.10. The Morgan fingerprint density at radius 1 is 1.03 bits per heavy atom. The average molecular weight is 419 g/mol. The first-order valence-electron chi connectivity index (χ1n) is 9.54. The van der Waals surface area contributed by atoms with Crippen molar-refractivity contribution in [2.75, 3.05) is 6.61 Å². The van der Waals surface area contributed by atoms with E-state index in [1.54, 1.807) is 12.1 Å². The minimum atomic E-state index is -0.596. The van der Waals surface area contributed by atoms with E-state index in [2.05, 4.69) is 11.1 Å². The van der Waals surface area contributed by atoms with Gasteiger partial charge in [-0.05, 0) is 41.8 Å². The number of Topliss-reactive ketones (excluding diaryl/α,β-unsaturated/α-hetero) is 1. The van der Waals surface area contributed by atoms with Crippen molar-refractivity contribution in [3.63, 3.8) is 0 Å². The van der Waals surface area contributed by atoms with Gasteiger partial charge in [0.05, 0.1) is 17.2 Å². The van der Waals surface area contributed by atoms with Crippen molar-refractivity contribution >= 4 is 28.3 Å². The first-order chi connectivity index (χ1) is 14.6. The molecule has 0 atom stereocenters. The van der Waals surface area contributed by atoms with Crippen molar-refractivity contribution in [2.24, 2.45) is 0 Å². The van der Waals surface area contributed by atoms with Gasteiger partial charge in [0, 0.05) is 22.7 Å². The highest BCUT2D eigenvalue weighted by atomic mass is 35.5. The van der Waals surface area contributed by atoms with Gasteiger partial charge in [-0.15, -0.1) is 0 Å². The molecule has 0 bridgehead atoms. The second kappa shape index (κ2) is 8.61. The van der Waals surface area contributed by atoms with E-state index in [1.165, 1.54) is 17.0 Å². The van der Waals surface area contributed by atoms with Crippen molar-refractivity contribution in [1.82, 2.24) is 9.55 Å². The molecule has 6 heteroatoms. The van der Waals surface area contributed by atoms with E-state index in [0.717, 1.165) is 16.7 Å². The zero-order valence-corrected chi connectivity index (χ0v) is 16.8. The van der Waals surface area contributed by atoms with Crippen molar-refractivity contribution in [3.8, 4) is 11.1 Å². The molecule has 1 aromatic heterocycles. The number of aliphatic hydroxyl groups is 1. The lowest BCUT2D eigenvalue weighted by Crippen LogP contribution is -2.22. The second-order valence-corrected chi connectivity index (χ2v) is 7.39. The van der Waals surface area contributed by atoms with Crippen LogP contribution >= 0.6 is 11.6 Å². The molecule has 5 nitrogen and oxygen atoms in total. The summed E-state index contributed by atoms with van der Waals surface area (Å²) in [5, 5.41) is 10.1. The molecule has 0 amide bonds. The summed E-state index contributed by atoms with van der Waals surface area (Å²) in [6.45, 7) is -0.145. The van der Waals surface area contributed by atoms with E-state index in [4.69, 9.17) is 16.7 Å². The lowest BCUT2D eigenvalue weighted by atomic mass is 10.0. The summed E-state index contributed by atoms with van der Waals surface area (Å²) in [4.78, 5) is 29.0. The monoisotopic (exact) mass is 418 g/mol. The summed E-state index contributed by atoms with van der Waals surface area (Å²) in [6, 6.07) is 20.4. The average Bonchev–Trinajstić information content (AvgIpc) is 2.78. The van der Waals surface area contributed by atoms with Gasteiger partial charge in [-0.2, -0.15) is 0 Å². The van der Waals surface area contributed by atoms with Gasteiger partial charge in [0.25, 0.3) is 5.56 Å². The quantitative estimate of drug-likeness (QED) is 0.478. The number of aromatic nitrogens is 2. The highest BCUT2D eigenvalue weighted by molar-refractivity contribution is 6.33. The lowest BCUT2D eigenvalue weighted by molar-refractivity contribution is 0.0904. The third-order valence-corrected chi connectivity index (χ3v) is 5.37. The summed E-state index contributed by atoms with van der Waals surface area (Å²) in [5.74, 6) is -0.428. The Bertz CT molecular complexity index is 1300. The van der Waals surface area contributed by atoms with Gasteiger partial charge in [0.1, 0.15) is 6.61 Å². The van der Waals surface area contributed by atoms with Gasteiger partial charge in [-0.3, -0.25) is 14.2 Å². The predicted octanol–water partition coefficient (Wildman–Crippen LogP) is 4.13. The van der Waals surface area contributed by atoms with Gasteiger partial charge in [0.2, 0.25) is 0 Å². The third kappa shape index (κ3) is 4.03. The van der Waals surface area contributed by atoms with Gasteiger partial charge >= 0.3 is 0 Å². The number of carbonyl (C=O) groups is 1. The van der Waals surface area contributed by atoms with Crippen LogP contribution in [0.15, 0.2) is 77.9 Å². The maximum absolute atomic E-state index is 12.9. The van der Waals surface area contributed by atoms with Crippen molar-refractivity contribution in [1.29, 1.82) is 0 Å². The molecule has 0 fully saturated rings. The fraction of sp³-hybridized carbons (Fsp3) is 0.125. The SMILES string of the molecule is O=C(CO)c1ccc2ncn(CCc3cccc(-c4ccccc4Cl)c3)c(=O)c2c1.